The maximum absolute atomic E-state index is 13.2. The molecule has 4 aliphatic rings. The van der Waals surface area contributed by atoms with Gasteiger partial charge >= 0.3 is 5.97 Å². The van der Waals surface area contributed by atoms with E-state index >= 15 is 0 Å². The van der Waals surface area contributed by atoms with Crippen molar-refractivity contribution in [2.45, 2.75) is 51.5 Å². The van der Waals surface area contributed by atoms with Crippen LogP contribution in [0.4, 0.5) is 0 Å². The lowest BCUT2D eigenvalue weighted by molar-refractivity contribution is -0.150. The Morgan fingerprint density at radius 1 is 1.14 bits per heavy atom. The molecule has 0 aliphatic heterocycles. The predicted molar refractivity (Wildman–Crippen MR) is 106 cm³/mol. The molecule has 1 heterocycles. The van der Waals surface area contributed by atoms with Gasteiger partial charge in [-0.15, -0.1) is 0 Å². The molecule has 0 radical (unpaired) electrons. The number of pyridine rings is 1. The second kappa shape index (κ2) is 6.29. The minimum atomic E-state index is -0.903. The van der Waals surface area contributed by atoms with Crippen LogP contribution in [-0.2, 0) is 4.79 Å². The largest absolute Gasteiger partial charge is 0.480 e. The number of nitrogens with zero attached hydrogens (tertiary/aromatic N) is 1. The maximum Gasteiger partial charge on any atom is 0.326 e. The van der Waals surface area contributed by atoms with Crippen LogP contribution in [0.15, 0.2) is 30.5 Å². The second-order valence-electron chi connectivity index (χ2n) is 9.41. The van der Waals surface area contributed by atoms with Gasteiger partial charge in [-0.05, 0) is 87.0 Å². The molecule has 28 heavy (non-hydrogen) atoms. The highest BCUT2D eigenvalue weighted by molar-refractivity contribution is 6.06. The van der Waals surface area contributed by atoms with Crippen LogP contribution < -0.4 is 5.32 Å². The minimum Gasteiger partial charge on any atom is -0.480 e. The quantitative estimate of drug-likeness (QED) is 0.844. The summed E-state index contributed by atoms with van der Waals surface area (Å²) in [6.07, 6.45) is 8.20. The minimum absolute atomic E-state index is 0.288. The molecule has 4 bridgehead atoms. The molecule has 146 valence electrons. The van der Waals surface area contributed by atoms with Crippen LogP contribution in [0.25, 0.3) is 10.9 Å². The van der Waals surface area contributed by atoms with E-state index in [1.54, 1.807) is 6.20 Å². The first-order valence-corrected chi connectivity index (χ1v) is 10.3. The summed E-state index contributed by atoms with van der Waals surface area (Å²) in [7, 11) is 0. The van der Waals surface area contributed by atoms with Crippen LogP contribution in [0.2, 0.25) is 0 Å². The summed E-state index contributed by atoms with van der Waals surface area (Å²) >= 11 is 0. The van der Waals surface area contributed by atoms with Crippen LogP contribution in [0.3, 0.4) is 0 Å². The Balaban J connectivity index is 1.49. The molecule has 1 aromatic heterocycles. The first-order valence-electron chi connectivity index (χ1n) is 10.3. The average Bonchev–Trinajstić information content (AvgIpc) is 2.63. The molecule has 5 nitrogen and oxygen atoms in total. The summed E-state index contributed by atoms with van der Waals surface area (Å²) in [5, 5.41) is 13.9. The number of fused-ring (bicyclic) bond motifs is 1. The number of carbonyl (C=O) groups excluding carboxylic acids is 1. The summed E-state index contributed by atoms with van der Waals surface area (Å²) in [5.74, 6) is 0.667. The predicted octanol–water partition coefficient (Wildman–Crippen LogP) is 3.94. The van der Waals surface area contributed by atoms with Crippen molar-refractivity contribution in [3.63, 3.8) is 0 Å². The van der Waals surface area contributed by atoms with E-state index in [2.05, 4.69) is 10.3 Å². The SMILES string of the molecule is Cc1cc(C(=O)NC(C(=O)O)C23CC4CC(CC(C4)C2)C3)c2ncccc2c1. The molecular formula is C23H26N2O3. The summed E-state index contributed by atoms with van der Waals surface area (Å²) < 4.78 is 0. The molecule has 1 aromatic carbocycles. The normalized spacial score (nSPS) is 31.7. The molecule has 5 heteroatoms. The molecule has 4 fully saturated rings. The number of carboxylic acids is 1. The lowest BCUT2D eigenvalue weighted by Gasteiger charge is -2.58. The van der Waals surface area contributed by atoms with E-state index in [1.807, 2.05) is 31.2 Å². The molecule has 6 rings (SSSR count). The van der Waals surface area contributed by atoms with Gasteiger partial charge in [-0.25, -0.2) is 4.79 Å². The first-order chi connectivity index (χ1) is 13.4. The Morgan fingerprint density at radius 2 is 1.79 bits per heavy atom. The number of benzene rings is 1. The van der Waals surface area contributed by atoms with Gasteiger partial charge in [0.15, 0.2) is 0 Å². The lowest BCUT2D eigenvalue weighted by Crippen LogP contribution is -2.59. The number of hydrogen-bond donors (Lipinski definition) is 2. The highest BCUT2D eigenvalue weighted by Crippen LogP contribution is 2.61. The number of nitrogens with one attached hydrogen (secondary N) is 1. The molecule has 1 amide bonds. The van der Waals surface area contributed by atoms with E-state index < -0.39 is 12.0 Å². The van der Waals surface area contributed by atoms with Crippen molar-refractivity contribution in [3.05, 3.63) is 41.6 Å². The third kappa shape index (κ3) is 2.79. The molecular weight excluding hydrogens is 352 g/mol. The van der Waals surface area contributed by atoms with Gasteiger partial charge in [-0.2, -0.15) is 0 Å². The lowest BCUT2D eigenvalue weighted by atomic mass is 9.47. The topological polar surface area (TPSA) is 79.3 Å². The number of aryl methyl sites for hydroxylation is 1. The van der Waals surface area contributed by atoms with Gasteiger partial charge in [0.25, 0.3) is 5.91 Å². The van der Waals surface area contributed by atoms with E-state index in [1.165, 1.54) is 19.3 Å². The molecule has 1 unspecified atom stereocenters. The molecule has 0 spiro atoms. The van der Waals surface area contributed by atoms with Crippen molar-refractivity contribution in [3.8, 4) is 0 Å². The van der Waals surface area contributed by atoms with Crippen LogP contribution in [0, 0.1) is 30.1 Å². The van der Waals surface area contributed by atoms with Gasteiger partial charge in [-0.3, -0.25) is 9.78 Å². The Morgan fingerprint density at radius 3 is 2.39 bits per heavy atom. The Kier molecular flexibility index (Phi) is 3.97. The average molecular weight is 378 g/mol. The molecule has 2 N–H and O–H groups in total. The zero-order chi connectivity index (χ0) is 19.5. The number of carbonyl (C=O) groups is 2. The van der Waals surface area contributed by atoms with Crippen molar-refractivity contribution in [1.82, 2.24) is 10.3 Å². The van der Waals surface area contributed by atoms with Gasteiger partial charge in [0.05, 0.1) is 11.1 Å². The highest BCUT2D eigenvalue weighted by atomic mass is 16.4. The fourth-order valence-corrected chi connectivity index (χ4v) is 6.73. The number of amides is 1. The molecule has 0 saturated heterocycles. The van der Waals surface area contributed by atoms with Crippen LogP contribution in [-0.4, -0.2) is 28.0 Å². The highest BCUT2D eigenvalue weighted by Gasteiger charge is 2.56. The number of aromatic nitrogens is 1. The fraction of sp³-hybridized carbons (Fsp3) is 0.522. The molecule has 1 atom stereocenters. The van der Waals surface area contributed by atoms with Gasteiger partial charge in [0.2, 0.25) is 0 Å². The standard InChI is InChI=1S/C23H26N2O3/c1-13-5-17-3-2-4-24-19(17)18(6-13)21(26)25-20(22(27)28)23-10-14-7-15(11-23)9-16(8-14)12-23/h2-6,14-16,20H,7-12H2,1H3,(H,25,26)(H,27,28). The van der Waals surface area contributed by atoms with Gasteiger partial charge in [-0.1, -0.05) is 6.07 Å². The Labute approximate surface area is 164 Å². The number of rotatable bonds is 4. The van der Waals surface area contributed by atoms with E-state index in [0.717, 1.165) is 30.2 Å². The van der Waals surface area contributed by atoms with Crippen LogP contribution in [0.5, 0.6) is 0 Å². The van der Waals surface area contributed by atoms with E-state index in [4.69, 9.17) is 0 Å². The van der Waals surface area contributed by atoms with E-state index in [0.29, 0.717) is 28.8 Å². The number of hydrogen-bond acceptors (Lipinski definition) is 3. The number of aliphatic carboxylic acids is 1. The second-order valence-corrected chi connectivity index (χ2v) is 9.41. The van der Waals surface area contributed by atoms with Crippen LogP contribution in [0.1, 0.15) is 54.4 Å². The Hall–Kier alpha value is -2.43. The molecule has 4 aliphatic carbocycles. The van der Waals surface area contributed by atoms with Gasteiger partial charge in [0, 0.05) is 17.0 Å². The van der Waals surface area contributed by atoms with Crippen molar-refractivity contribution >= 4 is 22.8 Å². The fourth-order valence-electron chi connectivity index (χ4n) is 6.73. The summed E-state index contributed by atoms with van der Waals surface area (Å²) in [5.41, 5.74) is 1.77. The van der Waals surface area contributed by atoms with Crippen molar-refractivity contribution < 1.29 is 14.7 Å². The Bertz CT molecular complexity index is 932. The smallest absolute Gasteiger partial charge is 0.326 e. The first kappa shape index (κ1) is 17.7. The third-order valence-electron chi connectivity index (χ3n) is 7.31. The monoisotopic (exact) mass is 378 g/mol. The summed E-state index contributed by atoms with van der Waals surface area (Å²) in [4.78, 5) is 29.9. The molecule has 4 saturated carbocycles. The zero-order valence-corrected chi connectivity index (χ0v) is 16.1. The summed E-state index contributed by atoms with van der Waals surface area (Å²) in [6, 6.07) is 6.75. The van der Waals surface area contributed by atoms with E-state index in [9.17, 15) is 14.7 Å². The zero-order valence-electron chi connectivity index (χ0n) is 16.1. The van der Waals surface area contributed by atoms with Crippen molar-refractivity contribution in [2.24, 2.45) is 23.2 Å². The third-order valence-corrected chi connectivity index (χ3v) is 7.31. The maximum atomic E-state index is 13.2. The summed E-state index contributed by atoms with van der Waals surface area (Å²) in [6.45, 7) is 1.94. The molecule has 2 aromatic rings. The van der Waals surface area contributed by atoms with Gasteiger partial charge < -0.3 is 10.4 Å². The van der Waals surface area contributed by atoms with Crippen LogP contribution >= 0.6 is 0 Å². The van der Waals surface area contributed by atoms with E-state index in [-0.39, 0.29) is 11.3 Å². The van der Waals surface area contributed by atoms with Gasteiger partial charge in [0.1, 0.15) is 6.04 Å². The van der Waals surface area contributed by atoms with Crippen molar-refractivity contribution in [1.29, 1.82) is 0 Å². The van der Waals surface area contributed by atoms with Crippen molar-refractivity contribution in [2.75, 3.05) is 0 Å². The number of carboxylic acid groups (broad SMARTS) is 1.